The highest BCUT2D eigenvalue weighted by molar-refractivity contribution is 7.12. The van der Waals surface area contributed by atoms with Gasteiger partial charge >= 0.3 is 0 Å². The van der Waals surface area contributed by atoms with Gasteiger partial charge in [0.05, 0.1) is 17.7 Å². The van der Waals surface area contributed by atoms with Gasteiger partial charge in [-0.2, -0.15) is 5.10 Å². The smallest absolute Gasteiger partial charge is 0.281 e. The number of hydrogen-bond acceptors (Lipinski definition) is 4. The van der Waals surface area contributed by atoms with Crippen LogP contribution < -0.4 is 10.2 Å². The molecule has 0 unspecified atom stereocenters. The molecule has 0 aliphatic heterocycles. The molecule has 2 aromatic rings. The Kier molecular flexibility index (Phi) is 4.30. The zero-order chi connectivity index (χ0) is 13.7. The molecule has 19 heavy (non-hydrogen) atoms. The summed E-state index contributed by atoms with van der Waals surface area (Å²) in [6.45, 7) is 1.84. The fourth-order valence-electron chi connectivity index (χ4n) is 1.51. The van der Waals surface area contributed by atoms with Gasteiger partial charge in [-0.25, -0.2) is 5.43 Å². The predicted octanol–water partition coefficient (Wildman–Crippen LogP) is 2.91. The third-order valence-corrected chi connectivity index (χ3v) is 3.43. The summed E-state index contributed by atoms with van der Waals surface area (Å²) < 4.78 is 5.15. The van der Waals surface area contributed by atoms with E-state index < -0.39 is 0 Å². The topological polar surface area (TPSA) is 50.7 Å². The van der Waals surface area contributed by atoms with Crippen molar-refractivity contribution in [2.75, 3.05) is 7.11 Å². The summed E-state index contributed by atoms with van der Waals surface area (Å²) in [4.78, 5) is 12.4. The minimum Gasteiger partial charge on any atom is -0.497 e. The van der Waals surface area contributed by atoms with Crippen molar-refractivity contribution < 1.29 is 9.53 Å². The monoisotopic (exact) mass is 274 g/mol. The molecule has 1 aromatic carbocycles. The van der Waals surface area contributed by atoms with E-state index in [2.05, 4.69) is 10.5 Å². The third kappa shape index (κ3) is 3.42. The van der Waals surface area contributed by atoms with Gasteiger partial charge in [0, 0.05) is 5.56 Å². The average Bonchev–Trinajstić information content (AvgIpc) is 2.98. The highest BCUT2D eigenvalue weighted by atomic mass is 32.1. The van der Waals surface area contributed by atoms with Crippen LogP contribution in [0.2, 0.25) is 0 Å². The average molecular weight is 274 g/mol. The Morgan fingerprint density at radius 2 is 2.16 bits per heavy atom. The van der Waals surface area contributed by atoms with E-state index in [1.165, 1.54) is 11.3 Å². The maximum Gasteiger partial charge on any atom is 0.281 e. The molecule has 0 aliphatic rings. The summed E-state index contributed by atoms with van der Waals surface area (Å²) in [6, 6.07) is 11.1. The van der Waals surface area contributed by atoms with Crippen LogP contribution in [0.5, 0.6) is 5.75 Å². The molecule has 4 nitrogen and oxygen atoms in total. The second kappa shape index (κ2) is 6.15. The van der Waals surface area contributed by atoms with Crippen LogP contribution in [0.4, 0.5) is 0 Å². The number of thiophene rings is 1. The number of methoxy groups -OCH3 is 1. The molecule has 98 valence electrons. The number of benzene rings is 1. The van der Waals surface area contributed by atoms with Gasteiger partial charge in [0.2, 0.25) is 0 Å². The van der Waals surface area contributed by atoms with E-state index in [1.54, 1.807) is 13.2 Å². The normalized spacial score (nSPS) is 11.2. The van der Waals surface area contributed by atoms with Gasteiger partial charge in [-0.05, 0) is 30.5 Å². The van der Waals surface area contributed by atoms with Gasteiger partial charge in [-0.3, -0.25) is 4.79 Å². The first-order chi connectivity index (χ1) is 9.20. The molecular formula is C14H14N2O2S. The lowest BCUT2D eigenvalue weighted by Crippen LogP contribution is -2.18. The largest absolute Gasteiger partial charge is 0.497 e. The maximum absolute atomic E-state index is 11.7. The van der Waals surface area contributed by atoms with E-state index in [0.717, 1.165) is 17.0 Å². The molecule has 0 aliphatic carbocycles. The number of amides is 1. The molecular weight excluding hydrogens is 260 g/mol. The minimum atomic E-state index is -0.197. The summed E-state index contributed by atoms with van der Waals surface area (Å²) in [5.74, 6) is 0.564. The number of hydrogen-bond donors (Lipinski definition) is 1. The molecule has 0 spiro atoms. The van der Waals surface area contributed by atoms with Crippen LogP contribution in [0.1, 0.15) is 22.2 Å². The van der Waals surface area contributed by atoms with Gasteiger partial charge in [-0.1, -0.05) is 18.2 Å². The molecule has 5 heteroatoms. The van der Waals surface area contributed by atoms with Gasteiger partial charge in [0.25, 0.3) is 5.91 Å². The van der Waals surface area contributed by atoms with E-state index in [-0.39, 0.29) is 5.91 Å². The molecule has 1 N–H and O–H groups in total. The molecule has 0 saturated carbocycles. The Morgan fingerprint density at radius 1 is 1.32 bits per heavy atom. The summed E-state index contributed by atoms with van der Waals surface area (Å²) in [6.07, 6.45) is 0. The molecule has 1 amide bonds. The maximum atomic E-state index is 11.7. The highest BCUT2D eigenvalue weighted by Gasteiger charge is 2.05. The van der Waals surface area contributed by atoms with Crippen LogP contribution >= 0.6 is 11.3 Å². The summed E-state index contributed by atoms with van der Waals surface area (Å²) in [5.41, 5.74) is 4.17. The van der Waals surface area contributed by atoms with Crippen molar-refractivity contribution in [2.24, 2.45) is 5.10 Å². The summed E-state index contributed by atoms with van der Waals surface area (Å²) >= 11 is 1.38. The number of nitrogens with one attached hydrogen (secondary N) is 1. The van der Waals surface area contributed by atoms with E-state index in [0.29, 0.717) is 4.88 Å². The van der Waals surface area contributed by atoms with Crippen molar-refractivity contribution in [2.45, 2.75) is 6.92 Å². The van der Waals surface area contributed by atoms with Gasteiger partial charge < -0.3 is 4.74 Å². The molecule has 1 heterocycles. The highest BCUT2D eigenvalue weighted by Crippen LogP contribution is 2.13. The van der Waals surface area contributed by atoms with Crippen LogP contribution in [-0.4, -0.2) is 18.7 Å². The first-order valence-electron chi connectivity index (χ1n) is 5.73. The molecule has 0 bridgehead atoms. The Bertz CT molecular complexity index is 591. The van der Waals surface area contributed by atoms with Crippen LogP contribution in [0, 0.1) is 0 Å². The fraction of sp³-hybridized carbons (Fsp3) is 0.143. The number of carbonyl (C=O) groups excluding carboxylic acids is 1. The van der Waals surface area contributed by atoms with Crippen molar-refractivity contribution in [1.29, 1.82) is 0 Å². The number of hydrazone groups is 1. The van der Waals surface area contributed by atoms with Crippen LogP contribution in [0.3, 0.4) is 0 Å². The van der Waals surface area contributed by atoms with Gasteiger partial charge in [-0.15, -0.1) is 11.3 Å². The summed E-state index contributed by atoms with van der Waals surface area (Å²) in [5, 5.41) is 5.95. The fourth-order valence-corrected chi connectivity index (χ4v) is 2.12. The number of rotatable bonds is 4. The van der Waals surface area contributed by atoms with Crippen molar-refractivity contribution >= 4 is 23.0 Å². The van der Waals surface area contributed by atoms with Crippen molar-refractivity contribution in [1.82, 2.24) is 5.43 Å². The van der Waals surface area contributed by atoms with Crippen molar-refractivity contribution in [3.05, 3.63) is 52.2 Å². The molecule has 0 radical (unpaired) electrons. The van der Waals surface area contributed by atoms with E-state index >= 15 is 0 Å². The zero-order valence-electron chi connectivity index (χ0n) is 10.7. The van der Waals surface area contributed by atoms with E-state index in [4.69, 9.17) is 4.74 Å². The van der Waals surface area contributed by atoms with Gasteiger partial charge in [0.15, 0.2) is 0 Å². The van der Waals surface area contributed by atoms with E-state index in [1.807, 2.05) is 42.6 Å². The lowest BCUT2D eigenvalue weighted by atomic mass is 10.1. The number of nitrogens with zero attached hydrogens (tertiary/aromatic N) is 1. The van der Waals surface area contributed by atoms with Crippen LogP contribution in [0.15, 0.2) is 46.9 Å². The Hall–Kier alpha value is -2.14. The van der Waals surface area contributed by atoms with E-state index in [9.17, 15) is 4.79 Å². The Labute approximate surface area is 115 Å². The van der Waals surface area contributed by atoms with Crippen molar-refractivity contribution in [3.8, 4) is 5.75 Å². The molecule has 1 aromatic heterocycles. The lowest BCUT2D eigenvalue weighted by molar-refractivity contribution is 0.0959. The predicted molar refractivity (Wildman–Crippen MR) is 77.0 cm³/mol. The van der Waals surface area contributed by atoms with Crippen molar-refractivity contribution in [3.63, 3.8) is 0 Å². The Balaban J connectivity index is 2.08. The zero-order valence-corrected chi connectivity index (χ0v) is 11.5. The standard InChI is InChI=1S/C14H14N2O2S/c1-10(11-5-3-6-12(9-11)18-2)15-16-14(17)13-7-4-8-19-13/h3-9H,1-2H3,(H,16,17). The minimum absolute atomic E-state index is 0.197. The quantitative estimate of drug-likeness (QED) is 0.688. The number of ether oxygens (including phenoxy) is 1. The SMILES string of the molecule is COc1cccc(C(C)=NNC(=O)c2cccs2)c1. The third-order valence-electron chi connectivity index (χ3n) is 2.56. The lowest BCUT2D eigenvalue weighted by Gasteiger charge is -2.04. The number of carbonyl (C=O) groups is 1. The first kappa shape index (κ1) is 13.3. The molecule has 0 fully saturated rings. The van der Waals surface area contributed by atoms with Crippen LogP contribution in [0.25, 0.3) is 0 Å². The first-order valence-corrected chi connectivity index (χ1v) is 6.61. The summed E-state index contributed by atoms with van der Waals surface area (Å²) in [7, 11) is 1.62. The molecule has 2 rings (SSSR count). The van der Waals surface area contributed by atoms with Crippen LogP contribution in [-0.2, 0) is 0 Å². The molecule has 0 saturated heterocycles. The second-order valence-corrected chi connectivity index (χ2v) is 4.80. The van der Waals surface area contributed by atoms with Gasteiger partial charge in [0.1, 0.15) is 5.75 Å². The molecule has 0 atom stereocenters. The Morgan fingerprint density at radius 3 is 2.84 bits per heavy atom. The second-order valence-electron chi connectivity index (χ2n) is 3.85.